The zero-order valence-corrected chi connectivity index (χ0v) is 13.0. The van der Waals surface area contributed by atoms with Gasteiger partial charge in [-0.1, -0.05) is 26.8 Å². The van der Waals surface area contributed by atoms with E-state index < -0.39 is 27.8 Å². The molecule has 4 nitrogen and oxygen atoms in total. The van der Waals surface area contributed by atoms with Crippen LogP contribution in [-0.4, -0.2) is 22.5 Å². The molecular weight excluding hydrogens is 268 g/mol. The summed E-state index contributed by atoms with van der Waals surface area (Å²) < 4.78 is 0. The molecule has 21 heavy (non-hydrogen) atoms. The predicted octanol–water partition coefficient (Wildman–Crippen LogP) is 2.78. The Labute approximate surface area is 124 Å². The average molecular weight is 290 g/mol. The van der Waals surface area contributed by atoms with Crippen molar-refractivity contribution in [3.05, 3.63) is 24.5 Å². The van der Waals surface area contributed by atoms with Gasteiger partial charge in [0.15, 0.2) is 22.8 Å². The smallest absolute Gasteiger partial charge is 0.180 e. The first-order chi connectivity index (χ1) is 9.71. The van der Waals surface area contributed by atoms with Gasteiger partial charge < -0.3 is 5.11 Å². The molecule has 2 rings (SSSR count). The van der Waals surface area contributed by atoms with Crippen molar-refractivity contribution < 1.29 is 19.5 Å². The summed E-state index contributed by atoms with van der Waals surface area (Å²) in [7, 11) is 0. The summed E-state index contributed by atoms with van der Waals surface area (Å²) in [6.45, 7) is 7.46. The summed E-state index contributed by atoms with van der Waals surface area (Å²) in [5.74, 6) is -1.67. The molecular formula is C17H22O4. The Bertz CT molecular complexity index is 543. The Hall–Kier alpha value is -1.71. The van der Waals surface area contributed by atoms with Crippen LogP contribution >= 0.6 is 0 Å². The maximum atomic E-state index is 13.1. The highest BCUT2D eigenvalue weighted by molar-refractivity contribution is 6.32. The maximum absolute atomic E-state index is 13.1. The molecule has 4 heteroatoms. The molecule has 3 atom stereocenters. The van der Waals surface area contributed by atoms with Crippen LogP contribution in [0.2, 0.25) is 0 Å². The molecule has 2 saturated carbocycles. The number of carbonyl (C=O) groups excluding carboxylic acids is 3. The molecule has 0 aromatic carbocycles. The van der Waals surface area contributed by atoms with Gasteiger partial charge in [-0.15, -0.1) is 0 Å². The van der Waals surface area contributed by atoms with Crippen LogP contribution in [0.25, 0.3) is 0 Å². The molecule has 0 radical (unpaired) electrons. The number of allylic oxidation sites excluding steroid dienone is 3. The van der Waals surface area contributed by atoms with E-state index >= 15 is 0 Å². The number of ketones is 3. The average Bonchev–Trinajstić information content (AvgIpc) is 2.71. The van der Waals surface area contributed by atoms with Crippen molar-refractivity contribution in [2.24, 2.45) is 22.2 Å². The van der Waals surface area contributed by atoms with E-state index in [2.05, 4.69) is 0 Å². The third kappa shape index (κ3) is 1.59. The number of fused-ring (bicyclic) bond motifs is 2. The molecule has 0 saturated heterocycles. The first kappa shape index (κ1) is 15.7. The van der Waals surface area contributed by atoms with E-state index in [1.807, 2.05) is 20.8 Å². The van der Waals surface area contributed by atoms with Gasteiger partial charge in [-0.25, -0.2) is 0 Å². The van der Waals surface area contributed by atoms with Crippen LogP contribution < -0.4 is 0 Å². The third-order valence-electron chi connectivity index (χ3n) is 5.93. The van der Waals surface area contributed by atoms with Crippen LogP contribution in [0, 0.1) is 22.2 Å². The van der Waals surface area contributed by atoms with Crippen molar-refractivity contribution in [2.75, 3.05) is 0 Å². The van der Waals surface area contributed by atoms with Crippen LogP contribution in [0.3, 0.4) is 0 Å². The van der Waals surface area contributed by atoms with Crippen molar-refractivity contribution >= 4 is 17.3 Å². The topological polar surface area (TPSA) is 71.4 Å². The van der Waals surface area contributed by atoms with E-state index in [4.69, 9.17) is 5.11 Å². The second kappa shape index (κ2) is 4.65. The highest BCUT2D eigenvalue weighted by Crippen LogP contribution is 2.70. The SMILES string of the molecule is C/C=C/C(=O)C1(C(=O)/C=C/O)C(=O)C2(C)CCC1C2(C)C. The largest absolute Gasteiger partial charge is 0.515 e. The minimum absolute atomic E-state index is 0.289. The van der Waals surface area contributed by atoms with E-state index in [0.717, 1.165) is 6.08 Å². The standard InChI is InChI=1S/C17H22O4/c1-5-6-12(19)17(13(20)8-10-18)11-7-9-16(4,14(17)21)15(11,2)3/h5-6,8,10-11,18H,7,9H2,1-4H3/b6-5+,10-8+. The summed E-state index contributed by atoms with van der Waals surface area (Å²) >= 11 is 0. The summed E-state index contributed by atoms with van der Waals surface area (Å²) in [4.78, 5) is 38.3. The molecule has 2 fully saturated rings. The molecule has 2 bridgehead atoms. The van der Waals surface area contributed by atoms with Crippen LogP contribution in [0.15, 0.2) is 24.5 Å². The Morgan fingerprint density at radius 3 is 2.19 bits per heavy atom. The normalized spacial score (nSPS) is 37.7. The monoisotopic (exact) mass is 290 g/mol. The molecule has 2 aliphatic carbocycles. The van der Waals surface area contributed by atoms with Crippen molar-refractivity contribution in [1.29, 1.82) is 0 Å². The molecule has 1 N–H and O–H groups in total. The Kier molecular flexibility index (Phi) is 3.47. The number of aliphatic hydroxyl groups excluding tert-OH is 1. The second-order valence-electron chi connectivity index (χ2n) is 6.83. The van der Waals surface area contributed by atoms with Gasteiger partial charge in [0.05, 0.1) is 6.26 Å². The van der Waals surface area contributed by atoms with E-state index in [0.29, 0.717) is 19.1 Å². The number of carbonyl (C=O) groups is 3. The van der Waals surface area contributed by atoms with Gasteiger partial charge in [0, 0.05) is 11.5 Å². The number of aliphatic hydroxyl groups is 1. The maximum Gasteiger partial charge on any atom is 0.180 e. The summed E-state index contributed by atoms with van der Waals surface area (Å²) in [5, 5.41) is 8.93. The second-order valence-corrected chi connectivity index (χ2v) is 6.83. The van der Waals surface area contributed by atoms with Crippen LogP contribution in [-0.2, 0) is 14.4 Å². The van der Waals surface area contributed by atoms with E-state index in [1.165, 1.54) is 6.08 Å². The quantitative estimate of drug-likeness (QED) is 0.491. The van der Waals surface area contributed by atoms with Crippen molar-refractivity contribution in [3.63, 3.8) is 0 Å². The van der Waals surface area contributed by atoms with Crippen molar-refractivity contribution in [3.8, 4) is 0 Å². The van der Waals surface area contributed by atoms with Gasteiger partial charge in [0.2, 0.25) is 0 Å². The van der Waals surface area contributed by atoms with Gasteiger partial charge in [-0.3, -0.25) is 14.4 Å². The molecule has 0 spiro atoms. The fourth-order valence-corrected chi connectivity index (χ4v) is 4.43. The molecule has 2 aliphatic rings. The fraction of sp³-hybridized carbons (Fsp3) is 0.588. The van der Waals surface area contributed by atoms with Gasteiger partial charge in [-0.2, -0.15) is 0 Å². The lowest BCUT2D eigenvalue weighted by molar-refractivity contribution is -0.150. The summed E-state index contributed by atoms with van der Waals surface area (Å²) in [6.07, 6.45) is 5.78. The Morgan fingerprint density at radius 1 is 1.19 bits per heavy atom. The predicted molar refractivity (Wildman–Crippen MR) is 78.6 cm³/mol. The van der Waals surface area contributed by atoms with Crippen LogP contribution in [0.5, 0.6) is 0 Å². The minimum atomic E-state index is -1.66. The summed E-state index contributed by atoms with van der Waals surface area (Å²) in [5.41, 5.74) is -2.75. The van der Waals surface area contributed by atoms with Gasteiger partial charge >= 0.3 is 0 Å². The Morgan fingerprint density at radius 2 is 1.76 bits per heavy atom. The van der Waals surface area contributed by atoms with Crippen molar-refractivity contribution in [1.82, 2.24) is 0 Å². The molecule has 0 heterocycles. The summed E-state index contributed by atoms with van der Waals surface area (Å²) in [6, 6.07) is 0. The molecule has 0 amide bonds. The molecule has 114 valence electrons. The third-order valence-corrected chi connectivity index (χ3v) is 5.93. The lowest BCUT2D eigenvalue weighted by Crippen LogP contribution is -2.51. The van der Waals surface area contributed by atoms with E-state index in [9.17, 15) is 14.4 Å². The highest BCUT2D eigenvalue weighted by atomic mass is 16.2. The van der Waals surface area contributed by atoms with Crippen molar-refractivity contribution in [2.45, 2.75) is 40.5 Å². The van der Waals surface area contributed by atoms with Crippen LogP contribution in [0.1, 0.15) is 40.5 Å². The number of Topliss-reactive ketones (excluding diaryl/α,β-unsaturated/α-hetero) is 1. The molecule has 0 aromatic heterocycles. The number of rotatable bonds is 4. The molecule has 3 unspecified atom stereocenters. The van der Waals surface area contributed by atoms with Gasteiger partial charge in [-0.05, 0) is 37.2 Å². The van der Waals surface area contributed by atoms with E-state index in [1.54, 1.807) is 13.0 Å². The fourth-order valence-electron chi connectivity index (χ4n) is 4.43. The first-order valence-electron chi connectivity index (χ1n) is 7.28. The Balaban J connectivity index is 2.71. The first-order valence-corrected chi connectivity index (χ1v) is 7.28. The lowest BCUT2D eigenvalue weighted by atomic mass is 9.63. The van der Waals surface area contributed by atoms with Crippen LogP contribution in [0.4, 0.5) is 0 Å². The minimum Gasteiger partial charge on any atom is -0.515 e. The van der Waals surface area contributed by atoms with Gasteiger partial charge in [0.25, 0.3) is 0 Å². The zero-order chi connectivity index (χ0) is 16.1. The lowest BCUT2D eigenvalue weighted by Gasteiger charge is -2.33. The van der Waals surface area contributed by atoms with E-state index in [-0.39, 0.29) is 11.7 Å². The zero-order valence-electron chi connectivity index (χ0n) is 13.0. The van der Waals surface area contributed by atoms with Gasteiger partial charge in [0.1, 0.15) is 0 Å². The highest BCUT2D eigenvalue weighted by Gasteiger charge is 2.76. The number of hydrogen-bond donors (Lipinski definition) is 1. The molecule has 0 aliphatic heterocycles. The molecule has 0 aromatic rings. The number of hydrogen-bond acceptors (Lipinski definition) is 4.